The van der Waals surface area contributed by atoms with E-state index in [0.29, 0.717) is 18.9 Å². The first-order valence-electron chi connectivity index (χ1n) is 8.29. The van der Waals surface area contributed by atoms with Crippen molar-refractivity contribution in [1.82, 2.24) is 4.72 Å². The zero-order valence-corrected chi connectivity index (χ0v) is 16.1. The maximum atomic E-state index is 12.7. The van der Waals surface area contributed by atoms with Crippen LogP contribution < -0.4 is 4.72 Å². The van der Waals surface area contributed by atoms with E-state index in [1.54, 1.807) is 24.3 Å². The Balaban J connectivity index is 2.26. The molecule has 2 aromatic carbocycles. The summed E-state index contributed by atoms with van der Waals surface area (Å²) in [4.78, 5) is 0.251. The van der Waals surface area contributed by atoms with Crippen LogP contribution in [0.25, 0.3) is 0 Å². The predicted molar refractivity (Wildman–Crippen MR) is 101 cm³/mol. The molecule has 0 spiro atoms. The van der Waals surface area contributed by atoms with Crippen molar-refractivity contribution in [3.8, 4) is 0 Å². The first kappa shape index (κ1) is 19.9. The number of benzene rings is 2. The van der Waals surface area contributed by atoms with E-state index in [2.05, 4.69) is 4.72 Å². The fourth-order valence-electron chi connectivity index (χ4n) is 2.60. The molecule has 2 atom stereocenters. The topological polar surface area (TPSA) is 55.4 Å². The van der Waals surface area contributed by atoms with E-state index in [0.717, 1.165) is 11.1 Å². The van der Waals surface area contributed by atoms with Gasteiger partial charge in [0.15, 0.2) is 0 Å². The van der Waals surface area contributed by atoms with Crippen molar-refractivity contribution >= 4 is 21.6 Å². The minimum Gasteiger partial charge on any atom is -0.371 e. The highest BCUT2D eigenvalue weighted by molar-refractivity contribution is 7.89. The predicted octanol–water partition coefficient (Wildman–Crippen LogP) is 4.05. The van der Waals surface area contributed by atoms with Gasteiger partial charge in [-0.15, -0.1) is 11.6 Å². The Morgan fingerprint density at radius 1 is 1.08 bits per heavy atom. The molecular formula is C19H24ClNO3S. The van der Waals surface area contributed by atoms with Crippen LogP contribution in [0.5, 0.6) is 0 Å². The molecule has 0 amide bonds. The number of aryl methyl sites for hydroxylation is 1. The molecule has 1 N–H and O–H groups in total. The summed E-state index contributed by atoms with van der Waals surface area (Å²) in [6.45, 7) is 4.20. The lowest BCUT2D eigenvalue weighted by molar-refractivity contribution is 0.0393. The second-order valence-corrected chi connectivity index (χ2v) is 7.93. The molecule has 0 aliphatic rings. The van der Waals surface area contributed by atoms with Gasteiger partial charge in [0.25, 0.3) is 0 Å². The lowest BCUT2D eigenvalue weighted by Crippen LogP contribution is -2.40. The van der Waals surface area contributed by atoms with Gasteiger partial charge in [0.05, 0.1) is 23.6 Å². The van der Waals surface area contributed by atoms with Crippen molar-refractivity contribution in [3.63, 3.8) is 0 Å². The third-order valence-corrected chi connectivity index (χ3v) is 5.61. The van der Waals surface area contributed by atoms with Crippen LogP contribution in [-0.2, 0) is 14.8 Å². The van der Waals surface area contributed by atoms with Crippen LogP contribution in [0.3, 0.4) is 0 Å². The number of sulfonamides is 1. The molecule has 0 aliphatic carbocycles. The van der Waals surface area contributed by atoms with Gasteiger partial charge in [-0.3, -0.25) is 0 Å². The van der Waals surface area contributed by atoms with Gasteiger partial charge in [0.1, 0.15) is 0 Å². The smallest absolute Gasteiger partial charge is 0.240 e. The second kappa shape index (κ2) is 9.34. The van der Waals surface area contributed by atoms with Crippen molar-refractivity contribution in [3.05, 3.63) is 65.7 Å². The van der Waals surface area contributed by atoms with Gasteiger partial charge in [-0.1, -0.05) is 55.0 Å². The quantitative estimate of drug-likeness (QED) is 0.666. The number of rotatable bonds is 9. The van der Waals surface area contributed by atoms with E-state index in [4.69, 9.17) is 16.3 Å². The molecule has 0 fully saturated rings. The van der Waals surface area contributed by atoms with Gasteiger partial charge in [-0.2, -0.15) is 0 Å². The van der Waals surface area contributed by atoms with E-state index >= 15 is 0 Å². The van der Waals surface area contributed by atoms with E-state index in [1.807, 2.05) is 44.2 Å². The lowest BCUT2D eigenvalue weighted by atomic mass is 10.0. The third kappa shape index (κ3) is 5.54. The normalized spacial score (nSPS) is 14.2. The lowest BCUT2D eigenvalue weighted by Gasteiger charge is -2.27. The molecule has 0 aromatic heterocycles. The molecule has 0 bridgehead atoms. The Morgan fingerprint density at radius 3 is 2.28 bits per heavy atom. The number of ether oxygens (including phenoxy) is 1. The third-order valence-electron chi connectivity index (χ3n) is 3.95. The van der Waals surface area contributed by atoms with Crippen LogP contribution in [0.1, 0.15) is 30.6 Å². The molecule has 136 valence electrons. The second-order valence-electron chi connectivity index (χ2n) is 5.84. The number of hydrogen-bond acceptors (Lipinski definition) is 3. The summed E-state index contributed by atoms with van der Waals surface area (Å²) in [5.41, 5.74) is 1.93. The Bertz CT molecular complexity index is 748. The molecule has 0 radical (unpaired) electrons. The molecule has 6 heteroatoms. The number of halogens is 1. The maximum absolute atomic E-state index is 12.7. The van der Waals surface area contributed by atoms with Crippen LogP contribution in [0, 0.1) is 6.92 Å². The number of hydrogen-bond donors (Lipinski definition) is 1. The van der Waals surface area contributed by atoms with Crippen LogP contribution in [-0.4, -0.2) is 26.9 Å². The van der Waals surface area contributed by atoms with Crippen molar-refractivity contribution in [2.24, 2.45) is 0 Å². The van der Waals surface area contributed by atoms with E-state index in [-0.39, 0.29) is 4.90 Å². The van der Waals surface area contributed by atoms with Gasteiger partial charge in [0, 0.05) is 5.88 Å². The largest absolute Gasteiger partial charge is 0.371 e. The van der Waals surface area contributed by atoms with E-state index in [1.165, 1.54) is 0 Å². The van der Waals surface area contributed by atoms with E-state index < -0.39 is 22.2 Å². The number of nitrogens with one attached hydrogen (secondary N) is 1. The SMILES string of the molecule is CC[C@H](NS(=O)(=O)c1ccc(C)cc1)[C@H](OCCCl)c1ccccc1. The minimum absolute atomic E-state index is 0.251. The molecule has 2 rings (SSSR count). The first-order valence-corrected chi connectivity index (χ1v) is 10.3. The highest BCUT2D eigenvalue weighted by Gasteiger charge is 2.27. The number of alkyl halides is 1. The van der Waals surface area contributed by atoms with E-state index in [9.17, 15) is 8.42 Å². The minimum atomic E-state index is -3.63. The highest BCUT2D eigenvalue weighted by atomic mass is 35.5. The molecule has 0 saturated heterocycles. The Kier molecular flexibility index (Phi) is 7.44. The maximum Gasteiger partial charge on any atom is 0.240 e. The summed E-state index contributed by atoms with van der Waals surface area (Å²) in [7, 11) is -3.63. The molecule has 0 unspecified atom stereocenters. The van der Waals surface area contributed by atoms with Crippen LogP contribution in [0.2, 0.25) is 0 Å². The molecule has 0 saturated carbocycles. The van der Waals surface area contributed by atoms with Crippen LogP contribution >= 0.6 is 11.6 Å². The Morgan fingerprint density at radius 2 is 1.72 bits per heavy atom. The van der Waals surface area contributed by atoms with Gasteiger partial charge in [0.2, 0.25) is 10.0 Å². The van der Waals surface area contributed by atoms with Crippen LogP contribution in [0.4, 0.5) is 0 Å². The molecule has 4 nitrogen and oxygen atoms in total. The molecule has 0 heterocycles. The molecule has 2 aromatic rings. The summed E-state index contributed by atoms with van der Waals surface area (Å²) < 4.78 is 34.1. The van der Waals surface area contributed by atoms with Gasteiger partial charge < -0.3 is 4.74 Å². The average Bonchev–Trinajstić information content (AvgIpc) is 2.62. The summed E-state index contributed by atoms with van der Waals surface area (Å²) in [5.74, 6) is 0.352. The fraction of sp³-hybridized carbons (Fsp3) is 0.368. The Labute approximate surface area is 155 Å². The Hall–Kier alpha value is -1.40. The first-order chi connectivity index (χ1) is 12.0. The van der Waals surface area contributed by atoms with Gasteiger partial charge >= 0.3 is 0 Å². The zero-order chi connectivity index (χ0) is 18.3. The standard InChI is InChI=1S/C19H24ClNO3S/c1-3-18(19(24-14-13-20)16-7-5-4-6-8-16)21-25(22,23)17-11-9-15(2)10-12-17/h4-12,18-19,21H,3,13-14H2,1-2H3/t18-,19+/m0/s1. The highest BCUT2D eigenvalue weighted by Crippen LogP contribution is 2.25. The zero-order valence-electron chi connectivity index (χ0n) is 14.5. The average molecular weight is 382 g/mol. The summed E-state index contributed by atoms with van der Waals surface area (Å²) in [6.07, 6.45) is 0.192. The van der Waals surface area contributed by atoms with Gasteiger partial charge in [-0.25, -0.2) is 13.1 Å². The summed E-state index contributed by atoms with van der Waals surface area (Å²) in [6, 6.07) is 16.0. The fourth-order valence-corrected chi connectivity index (χ4v) is 4.01. The molecular weight excluding hydrogens is 358 g/mol. The summed E-state index contributed by atoms with van der Waals surface area (Å²) in [5, 5.41) is 0. The monoisotopic (exact) mass is 381 g/mol. The van der Waals surface area contributed by atoms with Crippen molar-refractivity contribution in [2.75, 3.05) is 12.5 Å². The van der Waals surface area contributed by atoms with Crippen molar-refractivity contribution in [1.29, 1.82) is 0 Å². The molecule has 25 heavy (non-hydrogen) atoms. The van der Waals surface area contributed by atoms with Crippen molar-refractivity contribution in [2.45, 2.75) is 37.3 Å². The van der Waals surface area contributed by atoms with Gasteiger partial charge in [-0.05, 0) is 31.0 Å². The van der Waals surface area contributed by atoms with Crippen LogP contribution in [0.15, 0.2) is 59.5 Å². The molecule has 0 aliphatic heterocycles. The van der Waals surface area contributed by atoms with Crippen molar-refractivity contribution < 1.29 is 13.2 Å². The summed E-state index contributed by atoms with van der Waals surface area (Å²) >= 11 is 5.76.